The van der Waals surface area contributed by atoms with E-state index in [-0.39, 0.29) is 29.5 Å². The normalized spacial score (nSPS) is 24.6. The topological polar surface area (TPSA) is 98.7 Å². The number of nitrogens with one attached hydrogen (secondary N) is 1. The molecule has 0 radical (unpaired) electrons. The zero-order valence-electron chi connectivity index (χ0n) is 21.1. The van der Waals surface area contributed by atoms with Crippen molar-refractivity contribution in [3.8, 4) is 11.6 Å². The van der Waals surface area contributed by atoms with Gasteiger partial charge in [-0.2, -0.15) is 0 Å². The molecule has 6 heterocycles. The number of hydrogen-bond acceptors (Lipinski definition) is 8. The second kappa shape index (κ2) is 9.18. The first-order chi connectivity index (χ1) is 17.9. The zero-order valence-corrected chi connectivity index (χ0v) is 21.1. The minimum atomic E-state index is -0.343. The van der Waals surface area contributed by atoms with Crippen molar-refractivity contribution >= 4 is 22.8 Å². The van der Waals surface area contributed by atoms with E-state index in [1.54, 1.807) is 13.2 Å². The maximum absolute atomic E-state index is 14.8. The molecule has 3 aromatic rings. The number of carbonyl (C=O) groups is 1. The summed E-state index contributed by atoms with van der Waals surface area (Å²) in [6, 6.07) is 7.35. The molecule has 0 aromatic carbocycles. The molecule has 37 heavy (non-hydrogen) atoms. The minimum Gasteiger partial charge on any atom is -0.481 e. The average Bonchev–Trinajstić information content (AvgIpc) is 2.93. The number of amides is 1. The lowest BCUT2D eigenvalue weighted by atomic mass is 9.68. The first kappa shape index (κ1) is 24.0. The van der Waals surface area contributed by atoms with Gasteiger partial charge in [-0.3, -0.25) is 14.7 Å². The Morgan fingerprint density at radius 2 is 2.00 bits per heavy atom. The summed E-state index contributed by atoms with van der Waals surface area (Å²) in [5, 5.41) is 2.78. The van der Waals surface area contributed by atoms with Gasteiger partial charge in [0.2, 0.25) is 5.88 Å². The number of pyridine rings is 3. The summed E-state index contributed by atoms with van der Waals surface area (Å²) in [5.41, 5.74) is 2.32. The van der Waals surface area contributed by atoms with Gasteiger partial charge in [-0.1, -0.05) is 0 Å². The summed E-state index contributed by atoms with van der Waals surface area (Å²) < 4.78 is 32.0. The van der Waals surface area contributed by atoms with Gasteiger partial charge in [-0.05, 0) is 63.8 Å². The van der Waals surface area contributed by atoms with E-state index in [9.17, 15) is 9.18 Å². The molecule has 0 unspecified atom stereocenters. The zero-order chi connectivity index (χ0) is 25.6. The lowest BCUT2D eigenvalue weighted by molar-refractivity contribution is -0.193. The maximum atomic E-state index is 14.8. The number of halogens is 1. The van der Waals surface area contributed by atoms with E-state index < -0.39 is 0 Å². The van der Waals surface area contributed by atoms with Crippen molar-refractivity contribution in [2.45, 2.75) is 56.2 Å². The average molecular weight is 508 g/mol. The van der Waals surface area contributed by atoms with Crippen LogP contribution >= 0.6 is 0 Å². The number of aromatic nitrogens is 3. The number of ether oxygens (including phenoxy) is 3. The molecule has 4 aliphatic rings. The Bertz CT molecular complexity index is 1340. The van der Waals surface area contributed by atoms with Gasteiger partial charge in [0.25, 0.3) is 5.91 Å². The number of hydrogen-bond donors (Lipinski definition) is 1. The van der Waals surface area contributed by atoms with Crippen molar-refractivity contribution in [1.82, 2.24) is 19.9 Å². The lowest BCUT2D eigenvalue weighted by Gasteiger charge is -2.56. The Hall–Kier alpha value is -3.37. The Morgan fingerprint density at radius 1 is 1.16 bits per heavy atom. The summed E-state index contributed by atoms with van der Waals surface area (Å²) in [4.78, 5) is 27.2. The summed E-state index contributed by atoms with van der Waals surface area (Å²) in [7, 11) is 3.66. The first-order valence-corrected chi connectivity index (χ1v) is 12.6. The number of aryl methyl sites for hydroxylation is 1. The van der Waals surface area contributed by atoms with Gasteiger partial charge in [-0.25, -0.2) is 14.4 Å². The van der Waals surface area contributed by atoms with Crippen LogP contribution in [-0.4, -0.2) is 64.3 Å². The fourth-order valence-corrected chi connectivity index (χ4v) is 5.85. The van der Waals surface area contributed by atoms with Crippen LogP contribution in [0, 0.1) is 5.82 Å². The molecule has 0 atom stereocenters. The molecule has 2 bridgehead atoms. The molecular weight excluding hydrogens is 477 g/mol. The number of rotatable bonds is 7. The summed E-state index contributed by atoms with van der Waals surface area (Å²) in [6.45, 7) is 1.28. The third kappa shape index (κ3) is 4.38. The molecule has 1 N–H and O–H groups in total. The molecular formula is C27H30FN5O4. The van der Waals surface area contributed by atoms with E-state index in [1.807, 2.05) is 18.2 Å². The third-order valence-corrected chi connectivity index (χ3v) is 8.26. The van der Waals surface area contributed by atoms with Gasteiger partial charge in [-0.15, -0.1) is 0 Å². The quantitative estimate of drug-likeness (QED) is 0.518. The van der Waals surface area contributed by atoms with Gasteiger partial charge >= 0.3 is 0 Å². The van der Waals surface area contributed by atoms with Crippen molar-refractivity contribution in [2.75, 3.05) is 32.7 Å². The van der Waals surface area contributed by atoms with Gasteiger partial charge in [0.1, 0.15) is 5.82 Å². The molecule has 1 amide bonds. The number of fused-ring (bicyclic) bond motifs is 5. The SMILES string of the molecule is COc1ccc2ncc(F)c(CCC34CCC(N(C)Cc5ccc6c(n5)NC(=O)CO6)(CC3)CO4)c2n1. The molecule has 1 saturated carbocycles. The standard InChI is InChI=1S/C27H30FN5O4/c1-33(14-17-3-5-21-25(30-17)31-22(34)15-36-21)26-9-11-27(12-10-26,37-16-26)8-7-18-19(28)13-29-20-4-6-23(35-2)32-24(18)20/h3-6,13H,7-12,14-16H2,1-2H3,(H,30,31,34). The van der Waals surface area contributed by atoms with E-state index in [2.05, 4.69) is 32.2 Å². The van der Waals surface area contributed by atoms with Crippen LogP contribution in [0.25, 0.3) is 11.0 Å². The third-order valence-electron chi connectivity index (χ3n) is 8.26. The Morgan fingerprint density at radius 3 is 2.76 bits per heavy atom. The van der Waals surface area contributed by atoms with Crippen LogP contribution in [0.3, 0.4) is 0 Å². The van der Waals surface area contributed by atoms with Crippen molar-refractivity contribution in [1.29, 1.82) is 0 Å². The van der Waals surface area contributed by atoms with E-state index in [4.69, 9.17) is 14.2 Å². The van der Waals surface area contributed by atoms with Gasteiger partial charge in [0.15, 0.2) is 18.2 Å². The highest BCUT2D eigenvalue weighted by Gasteiger charge is 2.51. The van der Waals surface area contributed by atoms with Crippen LogP contribution in [0.4, 0.5) is 10.2 Å². The molecule has 194 valence electrons. The molecule has 3 fully saturated rings. The molecule has 7 rings (SSSR count). The molecule has 1 aliphatic carbocycles. The molecule has 0 spiro atoms. The molecule has 9 nitrogen and oxygen atoms in total. The van der Waals surface area contributed by atoms with E-state index >= 15 is 0 Å². The Labute approximate surface area is 214 Å². The Balaban J connectivity index is 1.13. The number of anilines is 1. The van der Waals surface area contributed by atoms with Crippen molar-refractivity contribution in [3.05, 3.63) is 47.5 Å². The van der Waals surface area contributed by atoms with Crippen LogP contribution in [0.2, 0.25) is 0 Å². The van der Waals surface area contributed by atoms with E-state index in [1.165, 1.54) is 6.20 Å². The molecule has 10 heteroatoms. The fraction of sp³-hybridized carbons (Fsp3) is 0.481. The highest BCUT2D eigenvalue weighted by molar-refractivity contribution is 5.94. The van der Waals surface area contributed by atoms with E-state index in [0.717, 1.165) is 37.8 Å². The number of methoxy groups -OCH3 is 1. The van der Waals surface area contributed by atoms with Crippen molar-refractivity contribution in [3.63, 3.8) is 0 Å². The van der Waals surface area contributed by atoms with Crippen molar-refractivity contribution in [2.24, 2.45) is 0 Å². The predicted molar refractivity (Wildman–Crippen MR) is 134 cm³/mol. The second-order valence-electron chi connectivity index (χ2n) is 10.3. The van der Waals surface area contributed by atoms with Crippen LogP contribution in [0.15, 0.2) is 30.5 Å². The van der Waals surface area contributed by atoms with Crippen molar-refractivity contribution < 1.29 is 23.4 Å². The predicted octanol–water partition coefficient (Wildman–Crippen LogP) is 3.65. The number of carbonyl (C=O) groups excluding carboxylic acids is 1. The van der Waals surface area contributed by atoms with Crippen LogP contribution in [0.1, 0.15) is 43.4 Å². The highest BCUT2D eigenvalue weighted by atomic mass is 19.1. The van der Waals surface area contributed by atoms with Gasteiger partial charge in [0, 0.05) is 23.7 Å². The summed E-state index contributed by atoms with van der Waals surface area (Å²) >= 11 is 0. The number of nitrogens with zero attached hydrogens (tertiary/aromatic N) is 4. The number of likely N-dealkylation sites (N-methyl/N-ethyl adjacent to an activating group) is 1. The molecule has 3 aliphatic heterocycles. The smallest absolute Gasteiger partial charge is 0.263 e. The minimum absolute atomic E-state index is 0.0187. The monoisotopic (exact) mass is 507 g/mol. The maximum Gasteiger partial charge on any atom is 0.263 e. The molecule has 3 aromatic heterocycles. The fourth-order valence-electron chi connectivity index (χ4n) is 5.85. The Kier molecular flexibility index (Phi) is 5.95. The lowest BCUT2D eigenvalue weighted by Crippen LogP contribution is -2.61. The van der Waals surface area contributed by atoms with E-state index in [0.29, 0.717) is 53.6 Å². The largest absolute Gasteiger partial charge is 0.481 e. The molecule has 2 saturated heterocycles. The second-order valence-corrected chi connectivity index (χ2v) is 10.3. The van der Waals surface area contributed by atoms with Crippen LogP contribution in [-0.2, 0) is 22.5 Å². The van der Waals surface area contributed by atoms with Crippen LogP contribution in [0.5, 0.6) is 11.6 Å². The summed E-state index contributed by atoms with van der Waals surface area (Å²) in [5.74, 6) is 0.986. The van der Waals surface area contributed by atoms with Gasteiger partial charge in [0.05, 0.1) is 42.2 Å². The first-order valence-electron chi connectivity index (χ1n) is 12.6. The highest BCUT2D eigenvalue weighted by Crippen LogP contribution is 2.48. The van der Waals surface area contributed by atoms with Crippen LogP contribution < -0.4 is 14.8 Å². The van der Waals surface area contributed by atoms with Gasteiger partial charge < -0.3 is 19.5 Å². The summed E-state index contributed by atoms with van der Waals surface area (Å²) in [6.07, 6.45) is 6.37.